The lowest BCUT2D eigenvalue weighted by atomic mass is 10.3. The second kappa shape index (κ2) is 3.37. The first-order valence-electron chi connectivity index (χ1n) is 4.11. The summed E-state index contributed by atoms with van der Waals surface area (Å²) in [6.07, 6.45) is 3.08. The van der Waals surface area contributed by atoms with Gasteiger partial charge in [-0.2, -0.15) is 0 Å². The molecule has 0 radical (unpaired) electrons. The zero-order valence-electron chi connectivity index (χ0n) is 7.56. The van der Waals surface area contributed by atoms with E-state index in [1.807, 2.05) is 0 Å². The Kier molecular flexibility index (Phi) is 2.06. The molecule has 0 saturated heterocycles. The third kappa shape index (κ3) is 1.66. The molecule has 2 rings (SSSR count). The minimum Gasteiger partial charge on any atom is -0.305 e. The zero-order valence-corrected chi connectivity index (χ0v) is 7.56. The summed E-state index contributed by atoms with van der Waals surface area (Å²) in [5.41, 5.74) is 0.432. The van der Waals surface area contributed by atoms with E-state index in [2.05, 4.69) is 19.9 Å². The van der Waals surface area contributed by atoms with Gasteiger partial charge in [0.1, 0.15) is 11.5 Å². The summed E-state index contributed by atoms with van der Waals surface area (Å²) in [6, 6.07) is 3.06. The van der Waals surface area contributed by atoms with Gasteiger partial charge in [-0.25, -0.2) is 15.0 Å². The maximum absolute atomic E-state index is 11.0. The van der Waals surface area contributed by atoms with E-state index >= 15 is 0 Å². The smallest absolute Gasteiger partial charge is 0.251 e. The standard InChI is InChI=1S/C9H8N4O/c1-6-10-4-2-7(12-6)9-11-5-3-8(14)13-9/h2-5H,1H3,(H,11,13,14). The number of aromatic nitrogens is 4. The fourth-order valence-corrected chi connectivity index (χ4v) is 1.09. The van der Waals surface area contributed by atoms with Gasteiger partial charge >= 0.3 is 0 Å². The molecule has 0 aliphatic carbocycles. The molecule has 5 heteroatoms. The predicted molar refractivity (Wildman–Crippen MR) is 50.6 cm³/mol. The van der Waals surface area contributed by atoms with Crippen molar-refractivity contribution in [3.05, 3.63) is 40.7 Å². The van der Waals surface area contributed by atoms with E-state index < -0.39 is 0 Å². The lowest BCUT2D eigenvalue weighted by molar-refractivity contribution is 1.02. The molecule has 1 N–H and O–H groups in total. The van der Waals surface area contributed by atoms with Gasteiger partial charge in [-0.05, 0) is 13.0 Å². The quantitative estimate of drug-likeness (QED) is 0.708. The van der Waals surface area contributed by atoms with Gasteiger partial charge in [0.25, 0.3) is 5.56 Å². The molecule has 0 atom stereocenters. The Hall–Kier alpha value is -2.04. The predicted octanol–water partition coefficient (Wildman–Crippen LogP) is 0.535. The molecule has 0 amide bonds. The number of nitrogens with one attached hydrogen (secondary N) is 1. The topological polar surface area (TPSA) is 71.5 Å². The Morgan fingerprint density at radius 3 is 2.71 bits per heavy atom. The second-order valence-electron chi connectivity index (χ2n) is 2.77. The summed E-state index contributed by atoms with van der Waals surface area (Å²) in [7, 11) is 0. The van der Waals surface area contributed by atoms with Crippen molar-refractivity contribution in [2.24, 2.45) is 0 Å². The van der Waals surface area contributed by atoms with Crippen LogP contribution in [0, 0.1) is 6.92 Å². The molecule has 0 aliphatic heterocycles. The summed E-state index contributed by atoms with van der Waals surface area (Å²) in [5.74, 6) is 1.11. The van der Waals surface area contributed by atoms with E-state index in [4.69, 9.17) is 0 Å². The number of aryl methyl sites for hydroxylation is 1. The maximum atomic E-state index is 11.0. The van der Waals surface area contributed by atoms with Crippen molar-refractivity contribution in [1.82, 2.24) is 19.9 Å². The molecular weight excluding hydrogens is 180 g/mol. The summed E-state index contributed by atoms with van der Waals surface area (Å²) < 4.78 is 0. The van der Waals surface area contributed by atoms with Crippen molar-refractivity contribution >= 4 is 0 Å². The monoisotopic (exact) mass is 188 g/mol. The van der Waals surface area contributed by atoms with Crippen molar-refractivity contribution < 1.29 is 0 Å². The first kappa shape index (κ1) is 8.55. The van der Waals surface area contributed by atoms with E-state index in [9.17, 15) is 4.79 Å². The van der Waals surface area contributed by atoms with Gasteiger partial charge in [-0.3, -0.25) is 4.79 Å². The molecule has 14 heavy (non-hydrogen) atoms. The van der Waals surface area contributed by atoms with Crippen molar-refractivity contribution in [3.8, 4) is 11.5 Å². The number of rotatable bonds is 1. The summed E-state index contributed by atoms with van der Waals surface area (Å²) in [5, 5.41) is 0. The number of hydrogen-bond donors (Lipinski definition) is 1. The largest absolute Gasteiger partial charge is 0.305 e. The number of aromatic amines is 1. The fourth-order valence-electron chi connectivity index (χ4n) is 1.09. The lowest BCUT2D eigenvalue weighted by Crippen LogP contribution is -2.06. The van der Waals surface area contributed by atoms with Crippen LogP contribution < -0.4 is 5.56 Å². The molecule has 0 aromatic carbocycles. The van der Waals surface area contributed by atoms with Crippen LogP contribution in [0.25, 0.3) is 11.5 Å². The van der Waals surface area contributed by atoms with E-state index in [0.29, 0.717) is 17.3 Å². The molecule has 0 unspecified atom stereocenters. The van der Waals surface area contributed by atoms with Crippen LogP contribution in [0.3, 0.4) is 0 Å². The normalized spacial score (nSPS) is 10.1. The van der Waals surface area contributed by atoms with Gasteiger partial charge in [-0.15, -0.1) is 0 Å². The molecule has 0 spiro atoms. The molecule has 0 saturated carbocycles. The SMILES string of the molecule is Cc1nccc(-c2nccc(=O)[nH]2)n1. The highest BCUT2D eigenvalue weighted by Gasteiger charge is 2.01. The van der Waals surface area contributed by atoms with E-state index in [1.54, 1.807) is 19.2 Å². The first-order chi connectivity index (χ1) is 6.75. The molecule has 0 bridgehead atoms. The van der Waals surface area contributed by atoms with E-state index in [-0.39, 0.29) is 5.56 Å². The van der Waals surface area contributed by atoms with Crippen LogP contribution in [0.1, 0.15) is 5.82 Å². The van der Waals surface area contributed by atoms with Crippen LogP contribution in [0.15, 0.2) is 29.3 Å². The van der Waals surface area contributed by atoms with Crippen molar-refractivity contribution in [3.63, 3.8) is 0 Å². The molecule has 0 aliphatic rings. The molecule has 70 valence electrons. The average Bonchev–Trinajstić information content (AvgIpc) is 2.18. The van der Waals surface area contributed by atoms with Crippen molar-refractivity contribution in [2.75, 3.05) is 0 Å². The fraction of sp³-hybridized carbons (Fsp3) is 0.111. The number of nitrogens with zero attached hydrogens (tertiary/aromatic N) is 3. The summed E-state index contributed by atoms with van der Waals surface area (Å²) in [6.45, 7) is 1.78. The van der Waals surface area contributed by atoms with Crippen molar-refractivity contribution in [1.29, 1.82) is 0 Å². The first-order valence-corrected chi connectivity index (χ1v) is 4.11. The minimum absolute atomic E-state index is 0.189. The summed E-state index contributed by atoms with van der Waals surface area (Å²) in [4.78, 5) is 25.7. The maximum Gasteiger partial charge on any atom is 0.251 e. The van der Waals surface area contributed by atoms with E-state index in [0.717, 1.165) is 0 Å². The Morgan fingerprint density at radius 2 is 2.00 bits per heavy atom. The highest BCUT2D eigenvalue weighted by molar-refractivity contribution is 5.47. The van der Waals surface area contributed by atoms with Gasteiger partial charge in [-0.1, -0.05) is 0 Å². The molecule has 5 nitrogen and oxygen atoms in total. The van der Waals surface area contributed by atoms with Crippen LogP contribution in [-0.2, 0) is 0 Å². The molecule has 2 heterocycles. The number of hydrogen-bond acceptors (Lipinski definition) is 4. The van der Waals surface area contributed by atoms with Crippen LogP contribution in [0.2, 0.25) is 0 Å². The van der Waals surface area contributed by atoms with Gasteiger partial charge in [0.05, 0.1) is 0 Å². The average molecular weight is 188 g/mol. The van der Waals surface area contributed by atoms with Gasteiger partial charge in [0, 0.05) is 18.5 Å². The second-order valence-corrected chi connectivity index (χ2v) is 2.77. The molecule has 2 aromatic heterocycles. The van der Waals surface area contributed by atoms with Crippen LogP contribution in [0.5, 0.6) is 0 Å². The van der Waals surface area contributed by atoms with Crippen LogP contribution in [0.4, 0.5) is 0 Å². The molecule has 0 fully saturated rings. The van der Waals surface area contributed by atoms with Gasteiger partial charge in [0.2, 0.25) is 0 Å². The van der Waals surface area contributed by atoms with Crippen LogP contribution in [-0.4, -0.2) is 19.9 Å². The van der Waals surface area contributed by atoms with E-state index in [1.165, 1.54) is 12.3 Å². The van der Waals surface area contributed by atoms with Crippen LogP contribution >= 0.6 is 0 Å². The Labute approximate surface area is 79.9 Å². The molecular formula is C9H8N4O. The minimum atomic E-state index is -0.189. The van der Waals surface area contributed by atoms with Gasteiger partial charge < -0.3 is 4.98 Å². The van der Waals surface area contributed by atoms with Crippen molar-refractivity contribution in [2.45, 2.75) is 6.92 Å². The number of H-pyrrole nitrogens is 1. The Balaban J connectivity index is 2.55. The molecule has 2 aromatic rings. The Morgan fingerprint density at radius 1 is 1.21 bits per heavy atom. The highest BCUT2D eigenvalue weighted by Crippen LogP contribution is 2.07. The third-order valence-electron chi connectivity index (χ3n) is 1.69. The lowest BCUT2D eigenvalue weighted by Gasteiger charge is -1.98. The Bertz CT molecular complexity index is 506. The zero-order chi connectivity index (χ0) is 9.97. The summed E-state index contributed by atoms with van der Waals surface area (Å²) >= 11 is 0. The van der Waals surface area contributed by atoms with Gasteiger partial charge in [0.15, 0.2) is 5.82 Å². The highest BCUT2D eigenvalue weighted by atomic mass is 16.1. The third-order valence-corrected chi connectivity index (χ3v) is 1.69.